The van der Waals surface area contributed by atoms with Gasteiger partial charge in [0.25, 0.3) is 0 Å². The molecule has 6 heteroatoms. The van der Waals surface area contributed by atoms with Crippen molar-refractivity contribution >= 4 is 17.7 Å². The average molecular weight is 337 g/mol. The molecule has 0 heterocycles. The molecule has 6 nitrogen and oxygen atoms in total. The van der Waals surface area contributed by atoms with E-state index in [1.54, 1.807) is 19.0 Å². The number of carbonyl (C=O) groups excluding carboxylic acids is 2. The van der Waals surface area contributed by atoms with Gasteiger partial charge >= 0.3 is 6.09 Å². The highest BCUT2D eigenvalue weighted by molar-refractivity contribution is 5.73. The Morgan fingerprint density at radius 1 is 1.04 bits per heavy atom. The highest BCUT2D eigenvalue weighted by Crippen LogP contribution is 2.09. The Bertz CT molecular complexity index is 489. The second-order valence-corrected chi connectivity index (χ2v) is 5.57. The number of anilines is 1. The number of nitrogens with one attached hydrogen (secondary N) is 1. The molecule has 0 radical (unpaired) electrons. The molecule has 1 aromatic rings. The predicted octanol–water partition coefficient (Wildman–Crippen LogP) is 3.19. The summed E-state index contributed by atoms with van der Waals surface area (Å²) in [5.74, 6) is -0.0265. The van der Waals surface area contributed by atoms with Crippen LogP contribution in [0.5, 0.6) is 0 Å². The Morgan fingerprint density at radius 2 is 1.54 bits per heavy atom. The van der Waals surface area contributed by atoms with Crippen molar-refractivity contribution in [1.82, 2.24) is 9.80 Å². The molecular weight excluding hydrogens is 306 g/mol. The summed E-state index contributed by atoms with van der Waals surface area (Å²) in [5.41, 5.74) is 1.94. The fourth-order valence-electron chi connectivity index (χ4n) is 1.57. The highest BCUT2D eigenvalue weighted by atomic mass is 16.6. The molecule has 0 fully saturated rings. The smallest absolute Gasteiger partial charge is 0.409 e. The number of benzene rings is 1. The number of nitrogens with zero attached hydrogens (tertiary/aromatic N) is 2. The van der Waals surface area contributed by atoms with Crippen molar-refractivity contribution in [1.29, 1.82) is 0 Å². The van der Waals surface area contributed by atoms with Crippen molar-refractivity contribution in [3.63, 3.8) is 0 Å². The van der Waals surface area contributed by atoms with Crippen LogP contribution in [-0.2, 0) is 16.1 Å². The molecule has 0 unspecified atom stereocenters. The van der Waals surface area contributed by atoms with Gasteiger partial charge in [-0.05, 0) is 17.7 Å². The van der Waals surface area contributed by atoms with E-state index in [4.69, 9.17) is 4.74 Å². The summed E-state index contributed by atoms with van der Waals surface area (Å²) in [6, 6.07) is 7.66. The molecule has 0 aliphatic heterocycles. The standard InChI is InChI=1S/C15H23N3O3.C3H8/c1-12(19)17(3)9-10-18(4)15(20)21-11-13-5-7-14(16-2)8-6-13;1-3-2/h5-8,16H,9-11H2,1-4H3;3H2,1-2H3. The second-order valence-electron chi connectivity index (χ2n) is 5.57. The van der Waals surface area contributed by atoms with Crippen LogP contribution >= 0.6 is 0 Å². The van der Waals surface area contributed by atoms with E-state index >= 15 is 0 Å². The number of rotatable bonds is 6. The highest BCUT2D eigenvalue weighted by Gasteiger charge is 2.11. The normalized spacial score (nSPS) is 9.42. The largest absolute Gasteiger partial charge is 0.445 e. The maximum atomic E-state index is 11.8. The number of hydrogen-bond acceptors (Lipinski definition) is 4. The molecule has 0 spiro atoms. The van der Waals surface area contributed by atoms with E-state index in [0.29, 0.717) is 13.1 Å². The summed E-state index contributed by atoms with van der Waals surface area (Å²) in [6.45, 7) is 6.90. The van der Waals surface area contributed by atoms with Gasteiger partial charge in [0.05, 0.1) is 0 Å². The minimum absolute atomic E-state index is 0.0265. The fraction of sp³-hybridized carbons (Fsp3) is 0.556. The first-order valence-corrected chi connectivity index (χ1v) is 8.21. The van der Waals surface area contributed by atoms with E-state index in [1.165, 1.54) is 18.2 Å². The zero-order valence-corrected chi connectivity index (χ0v) is 15.8. The molecule has 1 aromatic carbocycles. The number of likely N-dealkylation sites (N-methyl/N-ethyl adjacent to an activating group) is 2. The van der Waals surface area contributed by atoms with Crippen LogP contribution in [0, 0.1) is 0 Å². The van der Waals surface area contributed by atoms with E-state index in [9.17, 15) is 9.59 Å². The lowest BCUT2D eigenvalue weighted by Gasteiger charge is -2.21. The molecule has 0 saturated carbocycles. The van der Waals surface area contributed by atoms with Gasteiger partial charge in [-0.1, -0.05) is 32.4 Å². The van der Waals surface area contributed by atoms with Crippen LogP contribution in [0.1, 0.15) is 32.8 Å². The van der Waals surface area contributed by atoms with E-state index < -0.39 is 6.09 Å². The molecule has 0 saturated heterocycles. The number of hydrogen-bond donors (Lipinski definition) is 1. The zero-order valence-electron chi connectivity index (χ0n) is 15.8. The van der Waals surface area contributed by atoms with E-state index in [-0.39, 0.29) is 12.5 Å². The van der Waals surface area contributed by atoms with Gasteiger partial charge in [-0.25, -0.2) is 4.79 Å². The van der Waals surface area contributed by atoms with Crippen molar-refractivity contribution in [3.05, 3.63) is 29.8 Å². The predicted molar refractivity (Wildman–Crippen MR) is 98.1 cm³/mol. The molecule has 0 aliphatic carbocycles. The van der Waals surface area contributed by atoms with Crippen molar-refractivity contribution in [2.75, 3.05) is 39.5 Å². The zero-order chi connectivity index (χ0) is 18.5. The summed E-state index contributed by atoms with van der Waals surface area (Å²) in [5, 5.41) is 3.03. The molecule has 1 rings (SSSR count). The van der Waals surface area contributed by atoms with Gasteiger partial charge in [-0.15, -0.1) is 0 Å². The minimum Gasteiger partial charge on any atom is -0.445 e. The van der Waals surface area contributed by atoms with Gasteiger partial charge in [0.1, 0.15) is 6.61 Å². The topological polar surface area (TPSA) is 61.9 Å². The molecule has 24 heavy (non-hydrogen) atoms. The molecule has 0 aromatic heterocycles. The van der Waals surface area contributed by atoms with Gasteiger partial charge < -0.3 is 19.9 Å². The van der Waals surface area contributed by atoms with E-state index in [0.717, 1.165) is 11.3 Å². The lowest BCUT2D eigenvalue weighted by Crippen LogP contribution is -2.36. The van der Waals surface area contributed by atoms with E-state index in [2.05, 4.69) is 19.2 Å². The lowest BCUT2D eigenvalue weighted by molar-refractivity contribution is -0.127. The van der Waals surface area contributed by atoms with Gasteiger partial charge in [0, 0.05) is 46.8 Å². The van der Waals surface area contributed by atoms with Crippen molar-refractivity contribution < 1.29 is 14.3 Å². The maximum absolute atomic E-state index is 11.8. The Balaban J connectivity index is 0.00000163. The maximum Gasteiger partial charge on any atom is 0.409 e. The Labute approximate surface area is 145 Å². The molecule has 0 atom stereocenters. The van der Waals surface area contributed by atoms with Gasteiger partial charge in [0.15, 0.2) is 0 Å². The Morgan fingerprint density at radius 3 is 2.00 bits per heavy atom. The van der Waals surface area contributed by atoms with Gasteiger partial charge in [-0.2, -0.15) is 0 Å². The molecule has 1 N–H and O–H groups in total. The molecular formula is C18H31N3O3. The number of carbonyl (C=O) groups is 2. The minimum atomic E-state index is -0.398. The summed E-state index contributed by atoms with van der Waals surface area (Å²) in [4.78, 5) is 25.9. The first-order valence-electron chi connectivity index (χ1n) is 8.21. The van der Waals surface area contributed by atoms with Gasteiger partial charge in [-0.3, -0.25) is 4.79 Å². The Hall–Kier alpha value is -2.24. The lowest BCUT2D eigenvalue weighted by atomic mass is 10.2. The van der Waals surface area contributed by atoms with Crippen molar-refractivity contribution in [2.24, 2.45) is 0 Å². The van der Waals surface area contributed by atoms with Crippen LogP contribution in [0.15, 0.2) is 24.3 Å². The monoisotopic (exact) mass is 337 g/mol. The van der Waals surface area contributed by atoms with Crippen LogP contribution in [-0.4, -0.2) is 56.0 Å². The van der Waals surface area contributed by atoms with Crippen LogP contribution < -0.4 is 5.32 Å². The van der Waals surface area contributed by atoms with Gasteiger partial charge in [0.2, 0.25) is 5.91 Å². The number of amides is 2. The van der Waals surface area contributed by atoms with Crippen LogP contribution in [0.3, 0.4) is 0 Å². The third-order valence-electron chi connectivity index (χ3n) is 3.22. The van der Waals surface area contributed by atoms with Crippen LogP contribution in [0.25, 0.3) is 0 Å². The van der Waals surface area contributed by atoms with Crippen LogP contribution in [0.2, 0.25) is 0 Å². The van der Waals surface area contributed by atoms with Crippen molar-refractivity contribution in [3.8, 4) is 0 Å². The molecule has 0 aliphatic rings. The molecule has 0 bridgehead atoms. The molecule has 2 amide bonds. The number of ether oxygens (including phenoxy) is 1. The summed E-state index contributed by atoms with van der Waals surface area (Å²) in [7, 11) is 5.20. The third kappa shape index (κ3) is 9.02. The fourth-order valence-corrected chi connectivity index (χ4v) is 1.57. The molecule has 136 valence electrons. The van der Waals surface area contributed by atoms with Crippen LogP contribution in [0.4, 0.5) is 10.5 Å². The quantitative estimate of drug-likeness (QED) is 0.866. The SMILES string of the molecule is CCC.CNc1ccc(COC(=O)N(C)CCN(C)C(C)=O)cc1. The first kappa shape index (κ1) is 21.8. The second kappa shape index (κ2) is 12.2. The average Bonchev–Trinajstić information content (AvgIpc) is 2.58. The Kier molecular flexibility index (Phi) is 11.1. The third-order valence-corrected chi connectivity index (χ3v) is 3.22. The first-order chi connectivity index (χ1) is 11.3. The summed E-state index contributed by atoms with van der Waals surface area (Å²) >= 11 is 0. The summed E-state index contributed by atoms with van der Waals surface area (Å²) in [6.07, 6.45) is 0.852. The summed E-state index contributed by atoms with van der Waals surface area (Å²) < 4.78 is 5.22. The van der Waals surface area contributed by atoms with Crippen molar-refractivity contribution in [2.45, 2.75) is 33.8 Å². The van der Waals surface area contributed by atoms with E-state index in [1.807, 2.05) is 31.3 Å².